The zero-order valence-corrected chi connectivity index (χ0v) is 10.2. The Labute approximate surface area is 107 Å². The van der Waals surface area contributed by atoms with Crippen LogP contribution in [0.2, 0.25) is 0 Å². The van der Waals surface area contributed by atoms with Crippen molar-refractivity contribution in [1.82, 2.24) is 0 Å². The first-order chi connectivity index (χ1) is 8.72. The molecule has 0 bridgehead atoms. The summed E-state index contributed by atoms with van der Waals surface area (Å²) in [6, 6.07) is 19.4. The summed E-state index contributed by atoms with van der Waals surface area (Å²) in [5.74, 6) is -0.0565. The third kappa shape index (κ3) is 2.58. The molecule has 18 heavy (non-hydrogen) atoms. The second-order valence-corrected chi connectivity index (χ2v) is 4.36. The van der Waals surface area contributed by atoms with Crippen LogP contribution in [0.3, 0.4) is 0 Å². The largest absolute Gasteiger partial charge is 0.392 e. The summed E-state index contributed by atoms with van der Waals surface area (Å²) >= 11 is 0. The summed E-state index contributed by atoms with van der Waals surface area (Å²) in [5, 5.41) is 18.8. The second kappa shape index (κ2) is 5.48. The maximum absolute atomic E-state index is 9.98. The molecule has 2 atom stereocenters. The first-order valence-corrected chi connectivity index (χ1v) is 5.95. The molecule has 2 heteroatoms. The summed E-state index contributed by atoms with van der Waals surface area (Å²) in [6.07, 6.45) is -0.472. The van der Waals surface area contributed by atoms with Gasteiger partial charge in [-0.05, 0) is 30.2 Å². The van der Waals surface area contributed by atoms with Crippen molar-refractivity contribution in [2.75, 3.05) is 0 Å². The lowest BCUT2D eigenvalue weighted by molar-refractivity contribution is 0.176. The van der Waals surface area contributed by atoms with E-state index in [4.69, 9.17) is 5.26 Å². The zero-order valence-electron chi connectivity index (χ0n) is 10.2. The van der Waals surface area contributed by atoms with Crippen molar-refractivity contribution in [1.29, 1.82) is 5.26 Å². The fourth-order valence-corrected chi connectivity index (χ4v) is 2.17. The van der Waals surface area contributed by atoms with Crippen LogP contribution in [0.1, 0.15) is 29.5 Å². The van der Waals surface area contributed by atoms with Crippen LogP contribution in [0, 0.1) is 11.3 Å². The van der Waals surface area contributed by atoms with Crippen LogP contribution < -0.4 is 0 Å². The van der Waals surface area contributed by atoms with Gasteiger partial charge < -0.3 is 5.11 Å². The monoisotopic (exact) mass is 237 g/mol. The van der Waals surface area contributed by atoms with Gasteiger partial charge in [-0.15, -0.1) is 0 Å². The molecular weight excluding hydrogens is 222 g/mol. The fraction of sp³-hybridized carbons (Fsp3) is 0.188. The van der Waals surface area contributed by atoms with Crippen LogP contribution in [0.5, 0.6) is 0 Å². The summed E-state index contributed by atoms with van der Waals surface area (Å²) in [4.78, 5) is 0. The highest BCUT2D eigenvalue weighted by atomic mass is 16.3. The lowest BCUT2D eigenvalue weighted by Gasteiger charge is -2.21. The van der Waals surface area contributed by atoms with Gasteiger partial charge in [0.15, 0.2) is 0 Å². The lowest BCUT2D eigenvalue weighted by atomic mass is 9.87. The van der Waals surface area contributed by atoms with Crippen molar-refractivity contribution >= 4 is 0 Å². The van der Waals surface area contributed by atoms with Gasteiger partial charge in [0.25, 0.3) is 0 Å². The Hall–Kier alpha value is -2.11. The Bertz CT molecular complexity index is 538. The summed E-state index contributed by atoms with van der Waals surface area (Å²) in [6.45, 7) is 1.79. The van der Waals surface area contributed by atoms with Crippen molar-refractivity contribution in [3.05, 3.63) is 71.3 Å². The van der Waals surface area contributed by atoms with Gasteiger partial charge in [0.2, 0.25) is 0 Å². The molecule has 2 aromatic rings. The first-order valence-electron chi connectivity index (χ1n) is 5.95. The molecule has 0 fully saturated rings. The molecule has 0 radical (unpaired) electrons. The van der Waals surface area contributed by atoms with Crippen molar-refractivity contribution in [3.8, 4) is 6.07 Å². The third-order valence-corrected chi connectivity index (χ3v) is 3.04. The van der Waals surface area contributed by atoms with Crippen LogP contribution in [0.15, 0.2) is 54.6 Å². The van der Waals surface area contributed by atoms with E-state index in [-0.39, 0.29) is 5.92 Å². The number of aliphatic hydroxyl groups excluding tert-OH is 1. The van der Waals surface area contributed by atoms with Gasteiger partial charge in [-0.25, -0.2) is 0 Å². The Morgan fingerprint density at radius 2 is 1.50 bits per heavy atom. The van der Waals surface area contributed by atoms with E-state index >= 15 is 0 Å². The van der Waals surface area contributed by atoms with Crippen molar-refractivity contribution in [2.45, 2.75) is 18.9 Å². The van der Waals surface area contributed by atoms with Gasteiger partial charge >= 0.3 is 0 Å². The minimum atomic E-state index is -0.472. The molecule has 0 saturated heterocycles. The highest BCUT2D eigenvalue weighted by Gasteiger charge is 2.19. The number of hydrogen-bond donors (Lipinski definition) is 1. The van der Waals surface area contributed by atoms with Crippen molar-refractivity contribution < 1.29 is 5.11 Å². The molecule has 0 aliphatic heterocycles. The second-order valence-electron chi connectivity index (χ2n) is 4.36. The molecular formula is C16H15NO. The van der Waals surface area contributed by atoms with E-state index in [1.165, 1.54) is 0 Å². The Morgan fingerprint density at radius 1 is 0.944 bits per heavy atom. The molecule has 0 spiro atoms. The summed E-state index contributed by atoms with van der Waals surface area (Å²) in [5.41, 5.74) is 2.74. The van der Waals surface area contributed by atoms with E-state index in [1.54, 1.807) is 19.1 Å². The minimum absolute atomic E-state index is 0.0565. The van der Waals surface area contributed by atoms with Gasteiger partial charge in [-0.3, -0.25) is 0 Å². The number of nitriles is 1. The fourth-order valence-electron chi connectivity index (χ4n) is 2.17. The normalized spacial score (nSPS) is 13.6. The molecule has 2 nitrogen and oxygen atoms in total. The van der Waals surface area contributed by atoms with E-state index in [0.717, 1.165) is 11.1 Å². The first kappa shape index (κ1) is 12.3. The Kier molecular flexibility index (Phi) is 3.76. The van der Waals surface area contributed by atoms with Gasteiger partial charge in [0.1, 0.15) is 0 Å². The molecule has 2 rings (SSSR count). The molecule has 90 valence electrons. The Morgan fingerprint density at radius 3 is 2.00 bits per heavy atom. The summed E-state index contributed by atoms with van der Waals surface area (Å²) in [7, 11) is 0. The average Bonchev–Trinajstić information content (AvgIpc) is 2.40. The highest BCUT2D eigenvalue weighted by molar-refractivity contribution is 5.38. The van der Waals surface area contributed by atoms with Crippen molar-refractivity contribution in [2.24, 2.45) is 0 Å². The lowest BCUT2D eigenvalue weighted by Crippen LogP contribution is -2.15. The van der Waals surface area contributed by atoms with E-state index in [0.29, 0.717) is 5.56 Å². The SMILES string of the molecule is CC(O)C(c1ccccc1)c1ccc(C#N)cc1. The number of benzene rings is 2. The topological polar surface area (TPSA) is 44.0 Å². The maximum Gasteiger partial charge on any atom is 0.0991 e. The molecule has 0 aliphatic rings. The molecule has 0 amide bonds. The molecule has 1 N–H and O–H groups in total. The molecule has 2 unspecified atom stereocenters. The van der Waals surface area contributed by atoms with E-state index in [9.17, 15) is 5.11 Å². The van der Waals surface area contributed by atoms with Crippen LogP contribution in [-0.4, -0.2) is 11.2 Å². The van der Waals surface area contributed by atoms with Gasteiger partial charge in [-0.1, -0.05) is 42.5 Å². The third-order valence-electron chi connectivity index (χ3n) is 3.04. The molecule has 0 aromatic heterocycles. The van der Waals surface area contributed by atoms with E-state index in [1.807, 2.05) is 42.5 Å². The van der Waals surface area contributed by atoms with Crippen LogP contribution >= 0.6 is 0 Å². The summed E-state index contributed by atoms with van der Waals surface area (Å²) < 4.78 is 0. The van der Waals surface area contributed by atoms with Gasteiger partial charge in [-0.2, -0.15) is 5.26 Å². The quantitative estimate of drug-likeness (QED) is 0.891. The molecule has 0 saturated carbocycles. The van der Waals surface area contributed by atoms with E-state index < -0.39 is 6.10 Å². The van der Waals surface area contributed by atoms with E-state index in [2.05, 4.69) is 6.07 Å². The van der Waals surface area contributed by atoms with Gasteiger partial charge in [0, 0.05) is 5.92 Å². The number of nitrogens with zero attached hydrogens (tertiary/aromatic N) is 1. The zero-order chi connectivity index (χ0) is 13.0. The van der Waals surface area contributed by atoms with Crippen molar-refractivity contribution in [3.63, 3.8) is 0 Å². The number of hydrogen-bond acceptors (Lipinski definition) is 2. The maximum atomic E-state index is 9.98. The molecule has 0 aliphatic carbocycles. The van der Waals surface area contributed by atoms with Gasteiger partial charge in [0.05, 0.1) is 17.7 Å². The van der Waals surface area contributed by atoms with Crippen LogP contribution in [0.25, 0.3) is 0 Å². The highest BCUT2D eigenvalue weighted by Crippen LogP contribution is 2.28. The average molecular weight is 237 g/mol. The number of aliphatic hydroxyl groups is 1. The smallest absolute Gasteiger partial charge is 0.0991 e. The predicted molar refractivity (Wildman–Crippen MR) is 71.1 cm³/mol. The Balaban J connectivity index is 2.39. The van der Waals surface area contributed by atoms with Crippen LogP contribution in [-0.2, 0) is 0 Å². The molecule has 2 aromatic carbocycles. The predicted octanol–water partition coefficient (Wildman–Crippen LogP) is 3.07. The standard InChI is InChI=1S/C16H15NO/c1-12(18)16(14-5-3-2-4-6-14)15-9-7-13(11-17)8-10-15/h2-10,12,16,18H,1H3. The number of rotatable bonds is 3. The minimum Gasteiger partial charge on any atom is -0.392 e. The van der Waals surface area contributed by atoms with Crippen LogP contribution in [0.4, 0.5) is 0 Å². The molecule has 0 heterocycles.